The van der Waals surface area contributed by atoms with Gasteiger partial charge in [-0.25, -0.2) is 0 Å². The molecule has 0 saturated heterocycles. The molecule has 0 aliphatic carbocycles. The van der Waals surface area contributed by atoms with E-state index in [-0.39, 0.29) is 12.5 Å². The van der Waals surface area contributed by atoms with E-state index in [1.807, 2.05) is 0 Å². The Morgan fingerprint density at radius 3 is 2.82 bits per heavy atom. The van der Waals surface area contributed by atoms with Crippen molar-refractivity contribution in [2.75, 3.05) is 40.5 Å². The van der Waals surface area contributed by atoms with Crippen LogP contribution in [0.2, 0.25) is 0 Å². The topological polar surface area (TPSA) is 59.0 Å². The van der Waals surface area contributed by atoms with Gasteiger partial charge in [-0.3, -0.25) is 4.79 Å². The molecule has 1 aromatic rings. The maximum Gasteiger partial charge on any atom is 0.267 e. The van der Waals surface area contributed by atoms with Crippen LogP contribution in [0.25, 0.3) is 0 Å². The maximum absolute atomic E-state index is 12.2. The molecule has 1 rings (SSSR count). The zero-order valence-corrected chi connectivity index (χ0v) is 10.8. The summed E-state index contributed by atoms with van der Waals surface area (Å²) in [7, 11) is 3.11. The van der Waals surface area contributed by atoms with Gasteiger partial charge in [0.15, 0.2) is 0 Å². The first kappa shape index (κ1) is 14.0. The number of nitrogens with zero attached hydrogens (tertiary/aromatic N) is 1. The molecule has 0 unspecified atom stereocenters. The lowest BCUT2D eigenvalue weighted by Crippen LogP contribution is -2.35. The van der Waals surface area contributed by atoms with Crippen molar-refractivity contribution in [1.82, 2.24) is 4.90 Å². The summed E-state index contributed by atoms with van der Waals surface area (Å²) in [6.07, 6.45) is 0. The third-order valence-electron chi connectivity index (χ3n) is 2.27. The number of carbonyl (C=O) groups is 1. The lowest BCUT2D eigenvalue weighted by Gasteiger charge is -2.21. The Morgan fingerprint density at radius 1 is 1.47 bits per heavy atom. The molecular weight excluding hydrogens is 242 g/mol. The average molecular weight is 259 g/mol. The average Bonchev–Trinajstić information content (AvgIpc) is 2.81. The second-order valence-corrected chi connectivity index (χ2v) is 4.24. The number of carbonyl (C=O) groups excluding carboxylic acids is 1. The Balaban J connectivity index is 2.76. The molecule has 0 aliphatic heterocycles. The minimum absolute atomic E-state index is 0.0663. The zero-order valence-electron chi connectivity index (χ0n) is 10.0. The number of hydrogen-bond acceptors (Lipinski definition) is 5. The minimum atomic E-state index is -0.136. The van der Waals surface area contributed by atoms with Gasteiger partial charge >= 0.3 is 0 Å². The van der Waals surface area contributed by atoms with Crippen LogP contribution < -0.4 is 4.74 Å². The molecule has 0 atom stereocenters. The van der Waals surface area contributed by atoms with E-state index in [1.54, 1.807) is 23.5 Å². The van der Waals surface area contributed by atoms with E-state index >= 15 is 0 Å². The fourth-order valence-corrected chi connectivity index (χ4v) is 2.22. The fourth-order valence-electron chi connectivity index (χ4n) is 1.39. The monoisotopic (exact) mass is 259 g/mol. The molecule has 6 heteroatoms. The second-order valence-electron chi connectivity index (χ2n) is 3.33. The zero-order chi connectivity index (χ0) is 12.7. The lowest BCUT2D eigenvalue weighted by molar-refractivity contribution is 0.0658. The van der Waals surface area contributed by atoms with Crippen LogP contribution in [0.4, 0.5) is 0 Å². The van der Waals surface area contributed by atoms with Crippen LogP contribution in [-0.4, -0.2) is 56.4 Å². The largest absolute Gasteiger partial charge is 0.495 e. The van der Waals surface area contributed by atoms with Crippen molar-refractivity contribution in [3.63, 3.8) is 0 Å². The summed E-state index contributed by atoms with van der Waals surface area (Å²) in [6, 6.07) is 1.76. The van der Waals surface area contributed by atoms with Gasteiger partial charge in [-0.15, -0.1) is 11.3 Å². The van der Waals surface area contributed by atoms with E-state index in [9.17, 15) is 4.79 Å². The molecule has 17 heavy (non-hydrogen) atoms. The molecule has 0 bridgehead atoms. The predicted octanol–water partition coefficient (Wildman–Crippen LogP) is 0.838. The van der Waals surface area contributed by atoms with Gasteiger partial charge in [0, 0.05) is 20.2 Å². The first-order valence-electron chi connectivity index (χ1n) is 5.25. The molecule has 0 saturated carbocycles. The van der Waals surface area contributed by atoms with Crippen molar-refractivity contribution in [2.45, 2.75) is 0 Å². The highest BCUT2D eigenvalue weighted by Gasteiger charge is 2.20. The van der Waals surface area contributed by atoms with Crippen LogP contribution >= 0.6 is 11.3 Å². The highest BCUT2D eigenvalue weighted by molar-refractivity contribution is 7.12. The first-order chi connectivity index (χ1) is 8.24. The van der Waals surface area contributed by atoms with Gasteiger partial charge in [0.2, 0.25) is 0 Å². The molecule has 0 fully saturated rings. The van der Waals surface area contributed by atoms with Crippen LogP contribution in [-0.2, 0) is 4.74 Å². The van der Waals surface area contributed by atoms with Crippen molar-refractivity contribution >= 4 is 17.2 Å². The Hall–Kier alpha value is -1.11. The van der Waals surface area contributed by atoms with Gasteiger partial charge in [-0.05, 0) is 11.4 Å². The number of amides is 1. The molecule has 0 aromatic carbocycles. The van der Waals surface area contributed by atoms with E-state index in [1.165, 1.54) is 18.4 Å². The van der Waals surface area contributed by atoms with Gasteiger partial charge in [0.25, 0.3) is 5.91 Å². The Kier molecular flexibility index (Phi) is 5.96. The minimum Gasteiger partial charge on any atom is -0.495 e. The predicted molar refractivity (Wildman–Crippen MR) is 65.7 cm³/mol. The van der Waals surface area contributed by atoms with Crippen LogP contribution in [0.1, 0.15) is 9.67 Å². The molecular formula is C11H17NO4S. The molecule has 1 amide bonds. The van der Waals surface area contributed by atoms with E-state index in [0.717, 1.165) is 0 Å². The van der Waals surface area contributed by atoms with Crippen LogP contribution in [0, 0.1) is 0 Å². The first-order valence-corrected chi connectivity index (χ1v) is 6.13. The highest BCUT2D eigenvalue weighted by atomic mass is 32.1. The van der Waals surface area contributed by atoms with E-state index in [4.69, 9.17) is 14.6 Å². The van der Waals surface area contributed by atoms with Gasteiger partial charge < -0.3 is 19.5 Å². The third kappa shape index (κ3) is 3.69. The van der Waals surface area contributed by atoms with Crippen molar-refractivity contribution in [1.29, 1.82) is 0 Å². The van der Waals surface area contributed by atoms with Gasteiger partial charge in [0.1, 0.15) is 10.6 Å². The smallest absolute Gasteiger partial charge is 0.267 e. The Morgan fingerprint density at radius 2 is 2.24 bits per heavy atom. The van der Waals surface area contributed by atoms with E-state index < -0.39 is 0 Å². The number of ether oxygens (including phenoxy) is 2. The number of methoxy groups -OCH3 is 2. The highest BCUT2D eigenvalue weighted by Crippen LogP contribution is 2.25. The van der Waals surface area contributed by atoms with Gasteiger partial charge in [-0.1, -0.05) is 0 Å². The number of thiophene rings is 1. The number of aliphatic hydroxyl groups excluding tert-OH is 1. The third-order valence-corrected chi connectivity index (χ3v) is 3.15. The number of hydrogen-bond donors (Lipinski definition) is 1. The summed E-state index contributed by atoms with van der Waals surface area (Å²) >= 11 is 1.33. The van der Waals surface area contributed by atoms with Crippen molar-refractivity contribution in [3.8, 4) is 5.75 Å². The van der Waals surface area contributed by atoms with Crippen LogP contribution in [0.3, 0.4) is 0 Å². The summed E-state index contributed by atoms with van der Waals surface area (Å²) < 4.78 is 10.0. The maximum atomic E-state index is 12.2. The standard InChI is InChI=1S/C11H17NO4S/c1-15-7-5-12(4-6-13)11(14)10-9(16-2)3-8-17-10/h3,8,13H,4-7H2,1-2H3. The molecule has 5 nitrogen and oxygen atoms in total. The quantitative estimate of drug-likeness (QED) is 0.788. The van der Waals surface area contributed by atoms with Crippen molar-refractivity contribution in [2.24, 2.45) is 0 Å². The van der Waals surface area contributed by atoms with Crippen molar-refractivity contribution < 1.29 is 19.4 Å². The molecule has 0 aliphatic rings. The number of aliphatic hydroxyl groups is 1. The lowest BCUT2D eigenvalue weighted by atomic mass is 10.3. The van der Waals surface area contributed by atoms with Crippen LogP contribution in [0.15, 0.2) is 11.4 Å². The van der Waals surface area contributed by atoms with Gasteiger partial charge in [0.05, 0.1) is 20.3 Å². The Bertz CT molecular complexity index is 353. The summed E-state index contributed by atoms with van der Waals surface area (Å²) in [5.41, 5.74) is 0. The number of rotatable bonds is 7. The summed E-state index contributed by atoms with van der Waals surface area (Å²) in [5.74, 6) is 0.434. The molecule has 1 aromatic heterocycles. The van der Waals surface area contributed by atoms with Gasteiger partial charge in [-0.2, -0.15) is 0 Å². The molecule has 1 heterocycles. The molecule has 96 valence electrons. The fraction of sp³-hybridized carbons (Fsp3) is 0.545. The normalized spacial score (nSPS) is 10.3. The molecule has 0 radical (unpaired) electrons. The molecule has 0 spiro atoms. The summed E-state index contributed by atoms with van der Waals surface area (Å²) in [5, 5.41) is 10.8. The van der Waals surface area contributed by atoms with E-state index in [2.05, 4.69) is 0 Å². The second kappa shape index (κ2) is 7.26. The van der Waals surface area contributed by atoms with Crippen molar-refractivity contribution in [3.05, 3.63) is 16.3 Å². The SMILES string of the molecule is COCCN(CCO)C(=O)c1sccc1OC. The summed E-state index contributed by atoms with van der Waals surface area (Å²) in [6.45, 7) is 1.13. The Labute approximate surface area is 105 Å². The van der Waals surface area contributed by atoms with Crippen LogP contribution in [0.5, 0.6) is 5.75 Å². The molecule has 1 N–H and O–H groups in total. The van der Waals surface area contributed by atoms with E-state index in [0.29, 0.717) is 30.3 Å². The summed E-state index contributed by atoms with van der Waals surface area (Å²) in [4.78, 5) is 14.3.